The Labute approximate surface area is 146 Å². The van der Waals surface area contributed by atoms with Crippen molar-refractivity contribution in [2.75, 3.05) is 5.75 Å². The van der Waals surface area contributed by atoms with Crippen molar-refractivity contribution in [1.82, 2.24) is 9.55 Å². The zero-order valence-electron chi connectivity index (χ0n) is 14.5. The average Bonchev–Trinajstić information content (AvgIpc) is 2.56. The molecule has 2 aromatic rings. The Balaban J connectivity index is 2.15. The SMILES string of the molecule is CC(=O)CSc1nc2ccccc2c(=O)n1[C@H]1CCC[C@H](C)[C@H]1C. The number of aromatic nitrogens is 2. The quantitative estimate of drug-likeness (QED) is 0.619. The summed E-state index contributed by atoms with van der Waals surface area (Å²) in [6.45, 7) is 6.07. The molecule has 0 bridgehead atoms. The van der Waals surface area contributed by atoms with Crippen LogP contribution in [0.15, 0.2) is 34.2 Å². The Morgan fingerprint density at radius 1 is 1.29 bits per heavy atom. The molecule has 3 atom stereocenters. The van der Waals surface area contributed by atoms with E-state index in [2.05, 4.69) is 13.8 Å². The first kappa shape index (κ1) is 17.2. The van der Waals surface area contributed by atoms with Gasteiger partial charge in [0.2, 0.25) is 0 Å². The highest BCUT2D eigenvalue weighted by molar-refractivity contribution is 7.99. The lowest BCUT2D eigenvalue weighted by molar-refractivity contribution is -0.114. The summed E-state index contributed by atoms with van der Waals surface area (Å²) in [6.07, 6.45) is 3.34. The van der Waals surface area contributed by atoms with Crippen molar-refractivity contribution in [2.45, 2.75) is 51.2 Å². The van der Waals surface area contributed by atoms with Gasteiger partial charge in [-0.15, -0.1) is 0 Å². The third-order valence-corrected chi connectivity index (χ3v) is 6.27. The van der Waals surface area contributed by atoms with E-state index in [9.17, 15) is 9.59 Å². The minimum atomic E-state index is 0.0256. The fourth-order valence-corrected chi connectivity index (χ4v) is 4.46. The second-order valence-corrected chi connectivity index (χ2v) is 7.85. The minimum absolute atomic E-state index is 0.0256. The van der Waals surface area contributed by atoms with Gasteiger partial charge in [-0.25, -0.2) is 4.98 Å². The monoisotopic (exact) mass is 344 g/mol. The van der Waals surface area contributed by atoms with E-state index in [1.165, 1.54) is 18.2 Å². The molecule has 1 aliphatic carbocycles. The lowest BCUT2D eigenvalue weighted by atomic mass is 9.78. The molecule has 0 saturated heterocycles. The van der Waals surface area contributed by atoms with E-state index in [1.54, 1.807) is 6.92 Å². The molecular formula is C19H24N2O2S. The van der Waals surface area contributed by atoms with Gasteiger partial charge in [0.1, 0.15) is 5.78 Å². The molecule has 0 aliphatic heterocycles. The van der Waals surface area contributed by atoms with Gasteiger partial charge in [0.25, 0.3) is 5.56 Å². The van der Waals surface area contributed by atoms with E-state index in [0.29, 0.717) is 33.6 Å². The maximum absolute atomic E-state index is 13.2. The first-order chi connectivity index (χ1) is 11.5. The summed E-state index contributed by atoms with van der Waals surface area (Å²) in [5, 5.41) is 1.34. The first-order valence-corrected chi connectivity index (χ1v) is 9.61. The molecule has 128 valence electrons. The lowest BCUT2D eigenvalue weighted by Crippen LogP contribution is -2.35. The van der Waals surface area contributed by atoms with Crippen LogP contribution in [-0.4, -0.2) is 21.1 Å². The molecule has 5 heteroatoms. The van der Waals surface area contributed by atoms with Crippen molar-refractivity contribution in [3.8, 4) is 0 Å². The van der Waals surface area contributed by atoms with E-state index in [4.69, 9.17) is 4.98 Å². The molecule has 1 aliphatic rings. The summed E-state index contributed by atoms with van der Waals surface area (Å²) in [5.41, 5.74) is 0.735. The largest absolute Gasteiger partial charge is 0.299 e. The average molecular weight is 344 g/mol. The van der Waals surface area contributed by atoms with Crippen molar-refractivity contribution in [3.63, 3.8) is 0 Å². The van der Waals surface area contributed by atoms with E-state index >= 15 is 0 Å². The number of hydrogen-bond donors (Lipinski definition) is 0. The number of para-hydroxylation sites is 1. The number of benzene rings is 1. The molecule has 0 spiro atoms. The van der Waals surface area contributed by atoms with E-state index < -0.39 is 0 Å². The van der Waals surface area contributed by atoms with Crippen LogP contribution in [0.25, 0.3) is 10.9 Å². The van der Waals surface area contributed by atoms with E-state index in [1.807, 2.05) is 28.8 Å². The summed E-state index contributed by atoms with van der Waals surface area (Å²) in [7, 11) is 0. The number of thioether (sulfide) groups is 1. The highest BCUT2D eigenvalue weighted by Crippen LogP contribution is 2.38. The summed E-state index contributed by atoms with van der Waals surface area (Å²) < 4.78 is 1.87. The van der Waals surface area contributed by atoms with Crippen molar-refractivity contribution in [2.24, 2.45) is 11.8 Å². The molecule has 0 radical (unpaired) electrons. The van der Waals surface area contributed by atoms with Gasteiger partial charge in [0, 0.05) is 6.04 Å². The molecular weight excluding hydrogens is 320 g/mol. The van der Waals surface area contributed by atoms with Crippen molar-refractivity contribution >= 4 is 28.4 Å². The highest BCUT2D eigenvalue weighted by Gasteiger charge is 2.31. The molecule has 3 rings (SSSR count). The third kappa shape index (κ3) is 3.27. The van der Waals surface area contributed by atoms with Gasteiger partial charge in [0.15, 0.2) is 5.16 Å². The van der Waals surface area contributed by atoms with Crippen LogP contribution >= 0.6 is 11.8 Å². The number of Topliss-reactive ketones (excluding diaryl/α,β-unsaturated/α-hetero) is 1. The third-order valence-electron chi connectivity index (χ3n) is 5.18. The van der Waals surface area contributed by atoms with Crippen molar-refractivity contribution in [1.29, 1.82) is 0 Å². The number of carbonyl (C=O) groups is 1. The molecule has 1 saturated carbocycles. The number of hydrogen-bond acceptors (Lipinski definition) is 4. The van der Waals surface area contributed by atoms with Crippen LogP contribution in [0.4, 0.5) is 0 Å². The molecule has 0 amide bonds. The predicted octanol–water partition coefficient (Wildman–Crippen LogP) is 4.07. The van der Waals surface area contributed by atoms with Crippen molar-refractivity contribution < 1.29 is 4.79 Å². The number of ketones is 1. The topological polar surface area (TPSA) is 52.0 Å². The first-order valence-electron chi connectivity index (χ1n) is 8.62. The zero-order chi connectivity index (χ0) is 17.3. The Bertz CT molecular complexity index is 815. The van der Waals surface area contributed by atoms with Gasteiger partial charge in [-0.2, -0.15) is 0 Å². The summed E-state index contributed by atoms with van der Waals surface area (Å²) in [6, 6.07) is 7.64. The predicted molar refractivity (Wildman–Crippen MR) is 98.6 cm³/mol. The molecule has 24 heavy (non-hydrogen) atoms. The number of nitrogens with zero attached hydrogens (tertiary/aromatic N) is 2. The zero-order valence-corrected chi connectivity index (χ0v) is 15.3. The standard InChI is InChI=1S/C19H24N2O2S/c1-12-7-6-10-17(14(12)3)21-18(23)15-8-4-5-9-16(15)20-19(21)24-11-13(2)22/h4-5,8-9,12,14,17H,6-7,10-11H2,1-3H3/t12-,14+,17-/m0/s1. The van der Waals surface area contributed by atoms with Crippen LogP contribution in [-0.2, 0) is 4.79 Å². The maximum Gasteiger partial charge on any atom is 0.262 e. The number of carbonyl (C=O) groups excluding carboxylic acids is 1. The summed E-state index contributed by atoms with van der Waals surface area (Å²) in [4.78, 5) is 29.3. The Hall–Kier alpha value is -1.62. The number of fused-ring (bicyclic) bond motifs is 1. The van der Waals surface area contributed by atoms with Crippen LogP contribution in [0.3, 0.4) is 0 Å². The van der Waals surface area contributed by atoms with Gasteiger partial charge in [-0.1, -0.05) is 50.6 Å². The molecule has 0 unspecified atom stereocenters. The molecule has 0 N–H and O–H groups in total. The van der Waals surface area contributed by atoms with Gasteiger partial charge in [0.05, 0.1) is 16.7 Å². The lowest BCUT2D eigenvalue weighted by Gasteiger charge is -2.36. The van der Waals surface area contributed by atoms with Crippen LogP contribution in [0, 0.1) is 11.8 Å². The molecule has 1 aromatic carbocycles. The van der Waals surface area contributed by atoms with Crippen LogP contribution < -0.4 is 5.56 Å². The Kier molecular flexibility index (Phi) is 5.09. The maximum atomic E-state index is 13.2. The molecule has 4 nitrogen and oxygen atoms in total. The fraction of sp³-hybridized carbons (Fsp3) is 0.526. The molecule has 1 fully saturated rings. The smallest absolute Gasteiger partial charge is 0.262 e. The van der Waals surface area contributed by atoms with E-state index in [-0.39, 0.29) is 17.4 Å². The molecule has 1 heterocycles. The fourth-order valence-electron chi connectivity index (χ4n) is 3.60. The van der Waals surface area contributed by atoms with E-state index in [0.717, 1.165) is 12.8 Å². The Morgan fingerprint density at radius 3 is 2.79 bits per heavy atom. The Morgan fingerprint density at radius 2 is 2.04 bits per heavy atom. The second-order valence-electron chi connectivity index (χ2n) is 6.91. The van der Waals surface area contributed by atoms with Crippen LogP contribution in [0.5, 0.6) is 0 Å². The normalized spacial score (nSPS) is 24.2. The van der Waals surface area contributed by atoms with Crippen LogP contribution in [0.2, 0.25) is 0 Å². The second kappa shape index (κ2) is 7.09. The van der Waals surface area contributed by atoms with Gasteiger partial charge in [-0.05, 0) is 37.3 Å². The van der Waals surface area contributed by atoms with Crippen LogP contribution in [0.1, 0.15) is 46.1 Å². The van der Waals surface area contributed by atoms with Gasteiger partial charge >= 0.3 is 0 Å². The minimum Gasteiger partial charge on any atom is -0.299 e. The summed E-state index contributed by atoms with van der Waals surface area (Å²) >= 11 is 1.38. The van der Waals surface area contributed by atoms with Gasteiger partial charge in [-0.3, -0.25) is 14.2 Å². The number of rotatable bonds is 4. The van der Waals surface area contributed by atoms with Gasteiger partial charge < -0.3 is 0 Å². The highest BCUT2D eigenvalue weighted by atomic mass is 32.2. The van der Waals surface area contributed by atoms with Crippen molar-refractivity contribution in [3.05, 3.63) is 34.6 Å². The molecule has 1 aromatic heterocycles. The summed E-state index contributed by atoms with van der Waals surface area (Å²) in [5.74, 6) is 1.46.